The second-order valence-corrected chi connectivity index (χ2v) is 5.10. The van der Waals surface area contributed by atoms with Crippen LogP contribution in [-0.2, 0) is 0 Å². The summed E-state index contributed by atoms with van der Waals surface area (Å²) in [6, 6.07) is 20.5. The summed E-state index contributed by atoms with van der Waals surface area (Å²) in [6.45, 7) is 0. The Hall–Kier alpha value is -2.32. The summed E-state index contributed by atoms with van der Waals surface area (Å²) in [5, 5.41) is 3.34. The fourth-order valence-corrected chi connectivity index (χ4v) is 2.32. The summed E-state index contributed by atoms with van der Waals surface area (Å²) < 4.78 is 0. The van der Waals surface area contributed by atoms with Gasteiger partial charge in [-0.3, -0.25) is 0 Å². The average molecular weight is 311 g/mol. The number of allylic oxidation sites excluding steroid dienone is 3. The lowest BCUT2D eigenvalue weighted by molar-refractivity contribution is -0.347. The van der Waals surface area contributed by atoms with Crippen LogP contribution in [0.1, 0.15) is 12.8 Å². The maximum Gasteiger partial charge on any atom is 0.203 e. The molecule has 0 saturated heterocycles. The molecule has 1 aliphatic carbocycles. The molecule has 0 unspecified atom stereocenters. The van der Waals surface area contributed by atoms with Crippen molar-refractivity contribution in [3.63, 3.8) is 0 Å². The van der Waals surface area contributed by atoms with E-state index in [2.05, 4.69) is 53.1 Å². The average Bonchev–Trinajstić information content (AvgIpc) is 3.01. The van der Waals surface area contributed by atoms with Gasteiger partial charge in [0.05, 0.1) is 0 Å². The van der Waals surface area contributed by atoms with Crippen LogP contribution in [0, 0.1) is 0 Å². The highest BCUT2D eigenvalue weighted by Crippen LogP contribution is 2.21. The van der Waals surface area contributed by atoms with Crippen molar-refractivity contribution in [3.05, 3.63) is 84.1 Å². The minimum atomic E-state index is 0. The monoisotopic (exact) mass is 310 g/mol. The fraction of sp³-hybridized carbons (Fsp3) is 0.105. The summed E-state index contributed by atoms with van der Waals surface area (Å²) in [5.41, 5.74) is 4.91. The molecule has 2 aromatic rings. The molecule has 0 saturated carbocycles. The lowest BCUT2D eigenvalue weighted by Gasteiger charge is -2.00. The first-order chi connectivity index (χ1) is 10.4. The highest BCUT2D eigenvalue weighted by Gasteiger charge is 2.09. The molecule has 3 heteroatoms. The smallest absolute Gasteiger partial charge is 0.203 e. The van der Waals surface area contributed by atoms with Gasteiger partial charge >= 0.3 is 0 Å². The Balaban J connectivity index is 0.00000176. The van der Waals surface area contributed by atoms with Crippen LogP contribution in [0.3, 0.4) is 0 Å². The van der Waals surface area contributed by atoms with Crippen LogP contribution >= 0.6 is 0 Å². The number of benzene rings is 2. The summed E-state index contributed by atoms with van der Waals surface area (Å²) in [4.78, 5) is 3.34. The zero-order valence-electron chi connectivity index (χ0n) is 12.3. The molecule has 1 aliphatic rings. The molecule has 3 rings (SSSR count). The van der Waals surface area contributed by atoms with E-state index in [1.807, 2.05) is 36.4 Å². The van der Waals surface area contributed by atoms with Gasteiger partial charge in [-0.15, -0.1) is 0 Å². The molecule has 0 fully saturated rings. The molecule has 0 spiro atoms. The molecule has 0 aliphatic heterocycles. The predicted octanol–water partition coefficient (Wildman–Crippen LogP) is 0.190. The van der Waals surface area contributed by atoms with Gasteiger partial charge in [-0.05, 0) is 36.6 Å². The third-order valence-corrected chi connectivity index (χ3v) is 3.47. The van der Waals surface area contributed by atoms with Gasteiger partial charge in [0.2, 0.25) is 5.69 Å². The Morgan fingerprint density at radius 3 is 2.27 bits per heavy atom. The van der Waals surface area contributed by atoms with Gasteiger partial charge in [0.1, 0.15) is 0 Å². The molecule has 0 radical (unpaired) electrons. The molecule has 112 valence electrons. The van der Waals surface area contributed by atoms with Crippen molar-refractivity contribution >= 4 is 17.6 Å². The molecule has 0 atom stereocenters. The molecular formula is C19H19ClN2. The second kappa shape index (κ2) is 8.20. The van der Waals surface area contributed by atoms with Crippen LogP contribution in [0.5, 0.6) is 0 Å². The van der Waals surface area contributed by atoms with Gasteiger partial charge in [-0.1, -0.05) is 36.4 Å². The van der Waals surface area contributed by atoms with Gasteiger partial charge < -0.3 is 17.7 Å². The third kappa shape index (κ3) is 4.61. The summed E-state index contributed by atoms with van der Waals surface area (Å²) in [6.07, 6.45) is 8.60. The van der Waals surface area contributed by atoms with E-state index in [4.69, 9.17) is 0 Å². The number of nitrogens with one attached hydrogen (secondary N) is 2. The number of rotatable bonds is 4. The molecule has 0 bridgehead atoms. The molecule has 2 N–H and O–H groups in total. The Kier molecular flexibility index (Phi) is 5.99. The minimum Gasteiger partial charge on any atom is -1.00 e. The Morgan fingerprint density at radius 1 is 0.864 bits per heavy atom. The normalized spacial score (nSPS) is 15.6. The van der Waals surface area contributed by atoms with Crippen molar-refractivity contribution in [2.75, 3.05) is 5.32 Å². The number of hydrogen-bond acceptors (Lipinski definition) is 1. The molecule has 22 heavy (non-hydrogen) atoms. The largest absolute Gasteiger partial charge is 1.00 e. The topological polar surface area (TPSA) is 26.0 Å². The third-order valence-electron chi connectivity index (χ3n) is 3.47. The summed E-state index contributed by atoms with van der Waals surface area (Å²) in [7, 11) is 0. The molecule has 0 heterocycles. The zero-order valence-corrected chi connectivity index (χ0v) is 13.1. The van der Waals surface area contributed by atoms with Gasteiger partial charge in [-0.2, -0.15) is 0 Å². The number of halogens is 1. The summed E-state index contributed by atoms with van der Waals surface area (Å²) in [5.74, 6) is 0. The molecule has 2 nitrogen and oxygen atoms in total. The maximum absolute atomic E-state index is 3.34. The van der Waals surface area contributed by atoms with E-state index in [-0.39, 0.29) is 12.4 Å². The van der Waals surface area contributed by atoms with Gasteiger partial charge in [0, 0.05) is 29.6 Å². The van der Waals surface area contributed by atoms with Crippen LogP contribution in [0.4, 0.5) is 11.4 Å². The van der Waals surface area contributed by atoms with Gasteiger partial charge in [-0.25, -0.2) is 4.99 Å². The van der Waals surface area contributed by atoms with E-state index in [1.165, 1.54) is 11.1 Å². The number of para-hydroxylation sites is 2. The lowest BCUT2D eigenvalue weighted by Crippen LogP contribution is -3.00. The van der Waals surface area contributed by atoms with Crippen molar-refractivity contribution < 1.29 is 17.4 Å². The second-order valence-electron chi connectivity index (χ2n) is 5.10. The SMILES string of the molecule is C(=[NH+]c1ccccc1)C1=C/C(=C\Nc2ccccc2)CC1.[Cl-]. The van der Waals surface area contributed by atoms with E-state index >= 15 is 0 Å². The molecule has 2 aromatic carbocycles. The van der Waals surface area contributed by atoms with Gasteiger partial charge in [0.15, 0.2) is 6.21 Å². The quantitative estimate of drug-likeness (QED) is 0.775. The van der Waals surface area contributed by atoms with E-state index in [0.29, 0.717) is 0 Å². The fourth-order valence-electron chi connectivity index (χ4n) is 2.32. The maximum atomic E-state index is 3.34. The van der Waals surface area contributed by atoms with Crippen LogP contribution < -0.4 is 22.7 Å². The van der Waals surface area contributed by atoms with E-state index in [9.17, 15) is 0 Å². The van der Waals surface area contributed by atoms with E-state index < -0.39 is 0 Å². The first-order valence-corrected chi connectivity index (χ1v) is 7.26. The molecular weight excluding hydrogens is 292 g/mol. The first kappa shape index (κ1) is 16.1. The molecule has 0 aromatic heterocycles. The lowest BCUT2D eigenvalue weighted by atomic mass is 10.2. The van der Waals surface area contributed by atoms with Crippen LogP contribution in [0.2, 0.25) is 0 Å². The van der Waals surface area contributed by atoms with Crippen LogP contribution in [0.15, 0.2) is 84.1 Å². The number of hydrogen-bond donors (Lipinski definition) is 2. The molecule has 0 amide bonds. The summed E-state index contributed by atoms with van der Waals surface area (Å²) >= 11 is 0. The van der Waals surface area contributed by atoms with Crippen molar-refractivity contribution in [2.24, 2.45) is 0 Å². The van der Waals surface area contributed by atoms with Crippen LogP contribution in [-0.4, -0.2) is 6.21 Å². The zero-order chi connectivity index (χ0) is 14.3. The standard InChI is InChI=1S/C19H18N2.ClH/c1-3-7-18(8-4-1)20-14-16-11-12-17(13-16)15-21-19-9-5-2-6-10-19;/h1-10,13-15,20H,11-12H2;1H/b16-14-,21-15?;. The predicted molar refractivity (Wildman–Crippen MR) is 88.6 cm³/mol. The highest BCUT2D eigenvalue weighted by atomic mass is 35.5. The van der Waals surface area contributed by atoms with Crippen molar-refractivity contribution in [1.82, 2.24) is 0 Å². The minimum absolute atomic E-state index is 0. The van der Waals surface area contributed by atoms with E-state index in [1.54, 1.807) is 0 Å². The van der Waals surface area contributed by atoms with Crippen molar-refractivity contribution in [1.29, 1.82) is 0 Å². The number of anilines is 1. The van der Waals surface area contributed by atoms with Crippen molar-refractivity contribution in [3.8, 4) is 0 Å². The van der Waals surface area contributed by atoms with E-state index in [0.717, 1.165) is 24.2 Å². The Bertz CT molecular complexity index is 673. The highest BCUT2D eigenvalue weighted by molar-refractivity contribution is 5.77. The first-order valence-electron chi connectivity index (χ1n) is 7.26. The Morgan fingerprint density at radius 2 is 1.55 bits per heavy atom. The Labute approximate surface area is 137 Å². The van der Waals surface area contributed by atoms with Gasteiger partial charge in [0.25, 0.3) is 0 Å². The van der Waals surface area contributed by atoms with Crippen molar-refractivity contribution in [2.45, 2.75) is 12.8 Å². The van der Waals surface area contributed by atoms with Crippen LogP contribution in [0.25, 0.3) is 0 Å².